The van der Waals surface area contributed by atoms with Crippen molar-refractivity contribution >= 4 is 35.3 Å². The van der Waals surface area contributed by atoms with E-state index >= 15 is 14.4 Å². The third kappa shape index (κ3) is 8.52. The fraction of sp³-hybridized carbons (Fsp3) is 0.263. The van der Waals surface area contributed by atoms with Crippen LogP contribution in [0.1, 0.15) is 89.2 Å². The zero-order valence-corrected chi connectivity index (χ0v) is 38.9. The van der Waals surface area contributed by atoms with Gasteiger partial charge in [0.25, 0.3) is 5.69 Å². The van der Waals surface area contributed by atoms with Gasteiger partial charge in [-0.05, 0) is 107 Å². The molecule has 10 rings (SSSR count). The van der Waals surface area contributed by atoms with Gasteiger partial charge in [-0.15, -0.1) is 0 Å². The quantitative estimate of drug-likeness (QED) is 0.0668. The van der Waals surface area contributed by atoms with E-state index in [1.165, 1.54) is 36.4 Å². The third-order valence-electron chi connectivity index (χ3n) is 14.2. The molecular weight excluding hydrogens is 901 g/mol. The number of hydrogen-bond acceptors (Lipinski definition) is 11. The first-order valence-electron chi connectivity index (χ1n) is 23.8. The van der Waals surface area contributed by atoms with Gasteiger partial charge >= 0.3 is 12.1 Å². The second-order valence-electron chi connectivity index (χ2n) is 18.3. The second kappa shape index (κ2) is 19.6. The van der Waals surface area contributed by atoms with E-state index in [-0.39, 0.29) is 29.3 Å². The summed E-state index contributed by atoms with van der Waals surface area (Å²) in [6.07, 6.45) is 2.26. The molecule has 14 nitrogen and oxygen atoms in total. The number of likely N-dealkylation sites (tertiary alicyclic amines) is 1. The van der Waals surface area contributed by atoms with Crippen molar-refractivity contribution in [2.24, 2.45) is 5.92 Å². The summed E-state index contributed by atoms with van der Waals surface area (Å²) >= 11 is 0. The molecule has 4 aliphatic rings. The normalized spacial score (nSPS) is 22.8. The van der Waals surface area contributed by atoms with Gasteiger partial charge in [0.05, 0.1) is 35.7 Å². The maximum absolute atomic E-state index is 16.6. The maximum Gasteiger partial charge on any atom is 0.421 e. The summed E-state index contributed by atoms with van der Waals surface area (Å²) in [5, 5.41) is 22.2. The van der Waals surface area contributed by atoms with Crippen molar-refractivity contribution in [3.05, 3.63) is 201 Å². The number of ether oxygens (including phenoxy) is 3. The van der Waals surface area contributed by atoms with Crippen molar-refractivity contribution < 1.29 is 43.4 Å². The Kier molecular flexibility index (Phi) is 12.8. The van der Waals surface area contributed by atoms with Gasteiger partial charge in [0.2, 0.25) is 11.8 Å². The molecule has 1 N–H and O–H groups in total. The van der Waals surface area contributed by atoms with Gasteiger partial charge < -0.3 is 24.2 Å². The van der Waals surface area contributed by atoms with Crippen LogP contribution < -0.4 is 9.64 Å². The zero-order chi connectivity index (χ0) is 49.2. The Morgan fingerprint density at radius 1 is 0.746 bits per heavy atom. The smallest absolute Gasteiger partial charge is 0.421 e. The standard InChI is InChI=1S/C57H50N4O10/c1-69-45-30-21-37(22-31-45)17-18-38-23-32-47-46(35-38)57(55(65)59(47)56(66)70-36-39-19-26-43(27-20-39)61(67)68)48(53(63)58-33-11-3-2-4-12-34-58)50-54(64)71-51(41-15-9-6-10-16-41)49(40-13-7-5-8-14-40)60(50)52(57)42-24-28-44(62)29-25-42/h5-10,13-16,19-32,35,48-52,62H,2-4,11-12,33-34,36H2,1H3. The lowest BCUT2D eigenvalue weighted by atomic mass is 9.64. The molecule has 4 aliphatic heterocycles. The summed E-state index contributed by atoms with van der Waals surface area (Å²) in [7, 11) is 1.58. The average molecular weight is 951 g/mol. The Labute approximate surface area is 410 Å². The fourth-order valence-corrected chi connectivity index (χ4v) is 11.0. The minimum absolute atomic E-state index is 0.0453. The molecule has 0 aromatic heterocycles. The zero-order valence-electron chi connectivity index (χ0n) is 38.9. The number of phenols is 1. The van der Waals surface area contributed by atoms with Crippen LogP contribution in [0.5, 0.6) is 11.5 Å². The topological polar surface area (TPSA) is 169 Å². The van der Waals surface area contributed by atoms with Gasteiger partial charge in [0.15, 0.2) is 0 Å². The van der Waals surface area contributed by atoms with E-state index in [1.807, 2.05) is 77.7 Å². The number of fused-ring (bicyclic) bond motifs is 3. The number of imide groups is 1. The van der Waals surface area contributed by atoms with Crippen molar-refractivity contribution in [1.82, 2.24) is 9.80 Å². The lowest BCUT2D eigenvalue weighted by Gasteiger charge is -2.46. The molecule has 4 heterocycles. The molecule has 6 aromatic carbocycles. The number of cyclic esters (lactones) is 1. The third-order valence-corrected chi connectivity index (χ3v) is 14.2. The largest absolute Gasteiger partial charge is 0.508 e. The van der Waals surface area contributed by atoms with Gasteiger partial charge in [-0.2, -0.15) is 0 Å². The summed E-state index contributed by atoms with van der Waals surface area (Å²) in [5.41, 5.74) is 1.74. The molecular formula is C57H50N4O10. The first-order chi connectivity index (χ1) is 34.6. The van der Waals surface area contributed by atoms with Crippen molar-refractivity contribution in [2.45, 2.75) is 68.4 Å². The molecule has 0 aliphatic carbocycles. The monoisotopic (exact) mass is 950 g/mol. The molecule has 3 fully saturated rings. The van der Waals surface area contributed by atoms with E-state index in [0.29, 0.717) is 59.5 Å². The molecule has 6 aromatic rings. The highest BCUT2D eigenvalue weighted by atomic mass is 16.6. The van der Waals surface area contributed by atoms with E-state index in [4.69, 9.17) is 14.2 Å². The number of rotatable bonds is 8. The lowest BCUT2D eigenvalue weighted by Crippen LogP contribution is -2.56. The van der Waals surface area contributed by atoms with E-state index in [9.17, 15) is 20.0 Å². The van der Waals surface area contributed by atoms with Crippen molar-refractivity contribution in [3.63, 3.8) is 0 Å². The highest BCUT2D eigenvalue weighted by Gasteiger charge is 2.76. The van der Waals surface area contributed by atoms with Crippen LogP contribution >= 0.6 is 0 Å². The number of carbonyl (C=O) groups is 4. The number of benzene rings is 6. The molecule has 6 unspecified atom stereocenters. The summed E-state index contributed by atoms with van der Waals surface area (Å²) in [6.45, 7) is 0.435. The number of aromatic hydroxyl groups is 1. The van der Waals surface area contributed by atoms with Crippen molar-refractivity contribution in [3.8, 4) is 23.3 Å². The van der Waals surface area contributed by atoms with Crippen molar-refractivity contribution in [1.29, 1.82) is 0 Å². The highest BCUT2D eigenvalue weighted by Crippen LogP contribution is 2.66. The Morgan fingerprint density at radius 3 is 2.01 bits per heavy atom. The predicted molar refractivity (Wildman–Crippen MR) is 262 cm³/mol. The van der Waals surface area contributed by atoms with Crippen LogP contribution in [0.25, 0.3) is 0 Å². The molecule has 14 heteroatoms. The number of morpholine rings is 1. The fourth-order valence-electron chi connectivity index (χ4n) is 11.0. The number of carbonyl (C=O) groups excluding carboxylic acids is 4. The number of nitrogens with zero attached hydrogens (tertiary/aromatic N) is 4. The number of nitro groups is 1. The molecule has 358 valence electrons. The number of methoxy groups -OCH3 is 1. The summed E-state index contributed by atoms with van der Waals surface area (Å²) in [5.74, 6) is 3.67. The van der Waals surface area contributed by atoms with Gasteiger partial charge in [-0.25, -0.2) is 9.69 Å². The van der Waals surface area contributed by atoms with Gasteiger partial charge in [0, 0.05) is 36.3 Å². The van der Waals surface area contributed by atoms with Crippen LogP contribution in [0.4, 0.5) is 16.2 Å². The van der Waals surface area contributed by atoms with Gasteiger partial charge in [0.1, 0.15) is 35.7 Å². The number of nitro benzene ring substituents is 1. The molecule has 0 bridgehead atoms. The lowest BCUT2D eigenvalue weighted by molar-refractivity contribution is -0.384. The number of hydrogen-bond donors (Lipinski definition) is 1. The number of amides is 3. The Bertz CT molecular complexity index is 3040. The maximum atomic E-state index is 16.6. The first-order valence-corrected chi connectivity index (χ1v) is 23.8. The summed E-state index contributed by atoms with van der Waals surface area (Å²) in [4.78, 5) is 78.8. The van der Waals surface area contributed by atoms with Crippen molar-refractivity contribution in [2.75, 3.05) is 25.1 Å². The predicted octanol–water partition coefficient (Wildman–Crippen LogP) is 9.50. The molecule has 0 radical (unpaired) electrons. The average Bonchev–Trinajstić information content (AvgIpc) is 3.84. The van der Waals surface area contributed by atoms with Crippen LogP contribution in [0.3, 0.4) is 0 Å². The Balaban J connectivity index is 1.23. The van der Waals surface area contributed by atoms with E-state index in [0.717, 1.165) is 29.7 Å². The number of non-ortho nitro benzene ring substituents is 1. The number of anilines is 1. The van der Waals surface area contributed by atoms with E-state index in [1.54, 1.807) is 54.5 Å². The Hall–Kier alpha value is -8.28. The Morgan fingerprint density at radius 2 is 1.37 bits per heavy atom. The van der Waals surface area contributed by atoms with Crippen LogP contribution in [0.2, 0.25) is 0 Å². The number of phenolic OH excluding ortho intramolecular Hbond substituents is 1. The molecule has 1 spiro atoms. The molecule has 3 saturated heterocycles. The second-order valence-corrected chi connectivity index (χ2v) is 18.3. The highest BCUT2D eigenvalue weighted by molar-refractivity contribution is 6.23. The van der Waals surface area contributed by atoms with Gasteiger partial charge in [-0.1, -0.05) is 104 Å². The SMILES string of the molecule is COc1ccc(C#Cc2ccc3c(c2)C2(C(=O)N3C(=O)OCc3ccc([N+](=O)[O-])cc3)C(C(=O)N3CCCCCCC3)C3C(=O)OC(c4ccccc4)C(c4ccccc4)N3C2c2ccc(O)cc2)cc1. The molecule has 6 atom stereocenters. The van der Waals surface area contributed by atoms with Crippen LogP contribution in [-0.2, 0) is 35.9 Å². The number of esters is 1. The van der Waals surface area contributed by atoms with Crippen LogP contribution in [0, 0.1) is 27.9 Å². The molecule has 3 amide bonds. The molecule has 71 heavy (non-hydrogen) atoms. The minimum Gasteiger partial charge on any atom is -0.508 e. The van der Waals surface area contributed by atoms with E-state index in [2.05, 4.69) is 11.8 Å². The summed E-state index contributed by atoms with van der Waals surface area (Å²) < 4.78 is 17.9. The minimum atomic E-state index is -2.04. The summed E-state index contributed by atoms with van der Waals surface area (Å²) in [6, 6.07) is 39.8. The first kappa shape index (κ1) is 46.4. The van der Waals surface area contributed by atoms with Gasteiger partial charge in [-0.3, -0.25) is 29.4 Å². The van der Waals surface area contributed by atoms with Crippen LogP contribution in [-0.4, -0.2) is 69.9 Å². The molecule has 0 saturated carbocycles. The van der Waals surface area contributed by atoms with E-state index < -0.39 is 64.4 Å². The van der Waals surface area contributed by atoms with Crippen LogP contribution in [0.15, 0.2) is 152 Å².